The van der Waals surface area contributed by atoms with Crippen LogP contribution in [-0.4, -0.2) is 23.2 Å². The molecule has 1 aliphatic rings. The molecule has 23 heavy (non-hydrogen) atoms. The fourth-order valence-electron chi connectivity index (χ4n) is 2.66. The molecule has 5 N–H and O–H groups in total. The SMILES string of the molecule is NNc1nc(N)nc2ccc(-c3ccc4c(c3)OCCO4)cc12. The number of benzene rings is 2. The summed E-state index contributed by atoms with van der Waals surface area (Å²) in [5, 5.41) is 0.800. The summed E-state index contributed by atoms with van der Waals surface area (Å²) in [5.41, 5.74) is 11.0. The van der Waals surface area contributed by atoms with Gasteiger partial charge in [0.05, 0.1) is 5.52 Å². The van der Waals surface area contributed by atoms with Crippen LogP contribution in [0, 0.1) is 0 Å². The maximum absolute atomic E-state index is 5.68. The van der Waals surface area contributed by atoms with Gasteiger partial charge in [0.15, 0.2) is 17.3 Å². The molecule has 4 rings (SSSR count). The summed E-state index contributed by atoms with van der Waals surface area (Å²) >= 11 is 0. The van der Waals surface area contributed by atoms with Gasteiger partial charge in [-0.1, -0.05) is 12.1 Å². The Bertz CT molecular complexity index is 897. The van der Waals surface area contributed by atoms with E-state index in [0.29, 0.717) is 19.0 Å². The summed E-state index contributed by atoms with van der Waals surface area (Å²) in [6.07, 6.45) is 0. The summed E-state index contributed by atoms with van der Waals surface area (Å²) in [6.45, 7) is 1.13. The number of nitrogens with two attached hydrogens (primary N) is 2. The molecule has 0 atom stereocenters. The topological polar surface area (TPSA) is 108 Å². The Hall–Kier alpha value is -3.06. The van der Waals surface area contributed by atoms with Crippen LogP contribution in [-0.2, 0) is 0 Å². The van der Waals surface area contributed by atoms with Gasteiger partial charge in [-0.05, 0) is 35.4 Å². The zero-order chi connectivity index (χ0) is 15.8. The number of anilines is 2. The van der Waals surface area contributed by atoms with E-state index in [0.717, 1.165) is 33.5 Å². The molecule has 7 heteroatoms. The van der Waals surface area contributed by atoms with Gasteiger partial charge in [0.2, 0.25) is 5.95 Å². The predicted molar refractivity (Wildman–Crippen MR) is 88.2 cm³/mol. The lowest BCUT2D eigenvalue weighted by atomic mass is 10.0. The zero-order valence-electron chi connectivity index (χ0n) is 12.2. The highest BCUT2D eigenvalue weighted by molar-refractivity contribution is 5.93. The number of hydrogen-bond donors (Lipinski definition) is 3. The van der Waals surface area contributed by atoms with E-state index in [2.05, 4.69) is 15.4 Å². The summed E-state index contributed by atoms with van der Waals surface area (Å²) < 4.78 is 11.2. The fourth-order valence-corrected chi connectivity index (χ4v) is 2.66. The van der Waals surface area contributed by atoms with E-state index in [1.807, 2.05) is 36.4 Å². The molecule has 0 bridgehead atoms. The number of hydrogen-bond acceptors (Lipinski definition) is 7. The van der Waals surface area contributed by atoms with Crippen molar-refractivity contribution in [2.45, 2.75) is 0 Å². The molecule has 1 aliphatic heterocycles. The molecule has 0 amide bonds. The van der Waals surface area contributed by atoms with Gasteiger partial charge in [-0.2, -0.15) is 4.98 Å². The second-order valence-corrected chi connectivity index (χ2v) is 5.17. The van der Waals surface area contributed by atoms with Crippen molar-refractivity contribution in [1.29, 1.82) is 0 Å². The highest BCUT2D eigenvalue weighted by atomic mass is 16.6. The average Bonchev–Trinajstić information content (AvgIpc) is 2.60. The van der Waals surface area contributed by atoms with Crippen LogP contribution in [0.1, 0.15) is 0 Å². The van der Waals surface area contributed by atoms with E-state index in [1.54, 1.807) is 0 Å². The number of rotatable bonds is 2. The van der Waals surface area contributed by atoms with Crippen molar-refractivity contribution in [1.82, 2.24) is 9.97 Å². The molecular formula is C16H15N5O2. The van der Waals surface area contributed by atoms with Gasteiger partial charge >= 0.3 is 0 Å². The highest BCUT2D eigenvalue weighted by Gasteiger charge is 2.13. The van der Waals surface area contributed by atoms with Crippen LogP contribution in [0.15, 0.2) is 36.4 Å². The van der Waals surface area contributed by atoms with Crippen LogP contribution in [0.5, 0.6) is 11.5 Å². The van der Waals surface area contributed by atoms with Gasteiger partial charge in [-0.25, -0.2) is 10.8 Å². The first-order valence-electron chi connectivity index (χ1n) is 7.18. The first-order valence-corrected chi connectivity index (χ1v) is 7.18. The normalized spacial score (nSPS) is 13.1. The first-order chi connectivity index (χ1) is 11.2. The Balaban J connectivity index is 1.84. The third-order valence-corrected chi connectivity index (χ3v) is 3.73. The van der Waals surface area contributed by atoms with E-state index in [-0.39, 0.29) is 5.95 Å². The molecular weight excluding hydrogens is 294 g/mol. The third kappa shape index (κ3) is 2.36. The van der Waals surface area contributed by atoms with E-state index in [1.165, 1.54) is 0 Å². The Labute approximate surface area is 132 Å². The van der Waals surface area contributed by atoms with Crippen molar-refractivity contribution in [2.75, 3.05) is 24.4 Å². The highest BCUT2D eigenvalue weighted by Crippen LogP contribution is 2.35. The van der Waals surface area contributed by atoms with Gasteiger partial charge < -0.3 is 20.6 Å². The van der Waals surface area contributed by atoms with Crippen LogP contribution in [0.4, 0.5) is 11.8 Å². The minimum Gasteiger partial charge on any atom is -0.486 e. The molecule has 2 heterocycles. The Morgan fingerprint density at radius 3 is 2.48 bits per heavy atom. The molecule has 0 aliphatic carbocycles. The lowest BCUT2D eigenvalue weighted by Gasteiger charge is -2.19. The molecule has 1 aromatic heterocycles. The molecule has 7 nitrogen and oxygen atoms in total. The van der Waals surface area contributed by atoms with Crippen LogP contribution >= 0.6 is 0 Å². The van der Waals surface area contributed by atoms with Crippen LogP contribution in [0.3, 0.4) is 0 Å². The molecule has 0 saturated heterocycles. The van der Waals surface area contributed by atoms with Gasteiger partial charge in [-0.15, -0.1) is 0 Å². The molecule has 3 aromatic rings. The van der Waals surface area contributed by atoms with Crippen molar-refractivity contribution in [2.24, 2.45) is 5.84 Å². The van der Waals surface area contributed by atoms with Gasteiger partial charge in [-0.3, -0.25) is 0 Å². The second kappa shape index (κ2) is 5.29. The molecule has 116 valence electrons. The van der Waals surface area contributed by atoms with E-state index >= 15 is 0 Å². The molecule has 0 saturated carbocycles. The number of hydrazine groups is 1. The number of nitrogens with zero attached hydrogens (tertiary/aromatic N) is 2. The Kier molecular flexibility index (Phi) is 3.13. The summed E-state index contributed by atoms with van der Waals surface area (Å²) in [7, 11) is 0. The average molecular weight is 309 g/mol. The standard InChI is InChI=1S/C16H15N5O2/c17-16-19-12-3-1-9(7-11(12)15(20-16)21-18)10-2-4-13-14(8-10)23-6-5-22-13/h1-4,7-8H,5-6,18H2,(H3,17,19,20,21). The fraction of sp³-hybridized carbons (Fsp3) is 0.125. The number of nitrogen functional groups attached to an aromatic ring is 2. The monoisotopic (exact) mass is 309 g/mol. The molecule has 0 radical (unpaired) electrons. The van der Waals surface area contributed by atoms with Crippen molar-refractivity contribution in [3.63, 3.8) is 0 Å². The van der Waals surface area contributed by atoms with E-state index in [4.69, 9.17) is 21.1 Å². The summed E-state index contributed by atoms with van der Waals surface area (Å²) in [6, 6.07) is 11.7. The van der Waals surface area contributed by atoms with Crippen LogP contribution < -0.4 is 26.5 Å². The Morgan fingerprint density at radius 2 is 1.65 bits per heavy atom. The summed E-state index contributed by atoms with van der Waals surface area (Å²) in [4.78, 5) is 8.33. The predicted octanol–water partition coefficient (Wildman–Crippen LogP) is 1.94. The number of aromatic nitrogens is 2. The molecule has 0 fully saturated rings. The van der Waals surface area contributed by atoms with Crippen LogP contribution in [0.25, 0.3) is 22.0 Å². The zero-order valence-corrected chi connectivity index (χ0v) is 12.2. The van der Waals surface area contributed by atoms with Crippen molar-refractivity contribution < 1.29 is 9.47 Å². The second-order valence-electron chi connectivity index (χ2n) is 5.17. The van der Waals surface area contributed by atoms with E-state index < -0.39 is 0 Å². The van der Waals surface area contributed by atoms with Crippen molar-refractivity contribution >= 4 is 22.7 Å². The smallest absolute Gasteiger partial charge is 0.222 e. The summed E-state index contributed by atoms with van der Waals surface area (Å²) in [5.74, 6) is 7.72. The lowest BCUT2D eigenvalue weighted by Crippen LogP contribution is -2.15. The number of nitrogens with one attached hydrogen (secondary N) is 1. The molecule has 2 aromatic carbocycles. The van der Waals surface area contributed by atoms with Crippen LogP contribution in [0.2, 0.25) is 0 Å². The number of fused-ring (bicyclic) bond motifs is 2. The lowest BCUT2D eigenvalue weighted by molar-refractivity contribution is 0.171. The molecule has 0 spiro atoms. The molecule has 0 unspecified atom stereocenters. The van der Waals surface area contributed by atoms with Gasteiger partial charge in [0.1, 0.15) is 13.2 Å². The quantitative estimate of drug-likeness (QED) is 0.490. The van der Waals surface area contributed by atoms with Crippen molar-refractivity contribution in [3.8, 4) is 22.6 Å². The maximum atomic E-state index is 5.68. The number of ether oxygens (including phenoxy) is 2. The maximum Gasteiger partial charge on any atom is 0.222 e. The first kappa shape index (κ1) is 13.6. The Morgan fingerprint density at radius 1 is 0.913 bits per heavy atom. The minimum atomic E-state index is 0.178. The van der Waals surface area contributed by atoms with Crippen molar-refractivity contribution in [3.05, 3.63) is 36.4 Å². The van der Waals surface area contributed by atoms with E-state index in [9.17, 15) is 0 Å². The third-order valence-electron chi connectivity index (χ3n) is 3.73. The van der Waals surface area contributed by atoms with Gasteiger partial charge in [0, 0.05) is 5.39 Å². The van der Waals surface area contributed by atoms with Gasteiger partial charge in [0.25, 0.3) is 0 Å². The largest absolute Gasteiger partial charge is 0.486 e. The minimum absolute atomic E-state index is 0.178.